The Labute approximate surface area is 180 Å². The molecule has 0 radical (unpaired) electrons. The lowest BCUT2D eigenvalue weighted by Crippen LogP contribution is -3.06. The third kappa shape index (κ3) is 4.09. The summed E-state index contributed by atoms with van der Waals surface area (Å²) in [5.74, 6) is 0.794. The lowest BCUT2D eigenvalue weighted by atomic mass is 10.1. The molecule has 7 nitrogen and oxygen atoms in total. The Hall–Kier alpha value is -3.45. The van der Waals surface area contributed by atoms with Crippen molar-refractivity contribution in [3.8, 4) is 0 Å². The molecule has 2 heterocycles. The largest absolute Gasteiger partial charge is 0.332 e. The number of rotatable bonds is 6. The highest BCUT2D eigenvalue weighted by Gasteiger charge is 2.21. The average molecular weight is 419 g/mol. The van der Waals surface area contributed by atoms with E-state index in [1.807, 2.05) is 22.8 Å². The zero-order chi connectivity index (χ0) is 22.1. The number of hydrogen-bond donors (Lipinski definition) is 1. The van der Waals surface area contributed by atoms with Crippen LogP contribution in [0.4, 0.5) is 0 Å². The molecule has 2 aromatic heterocycles. The number of quaternary nitrogens is 1. The molecular weight excluding hydrogens is 390 g/mol. The SMILES string of the molecule is Cc1ccc(Cn2c(C[NH+](C)Cc3ccccc3)nc3c2c(=O)n(C)c(=O)n3C)cc1. The van der Waals surface area contributed by atoms with Crippen molar-refractivity contribution in [2.24, 2.45) is 14.1 Å². The van der Waals surface area contributed by atoms with Crippen LogP contribution in [0.15, 0.2) is 64.2 Å². The summed E-state index contributed by atoms with van der Waals surface area (Å²) in [6.45, 7) is 4.05. The second kappa shape index (κ2) is 8.35. The Morgan fingerprint density at radius 3 is 2.23 bits per heavy atom. The van der Waals surface area contributed by atoms with Crippen molar-refractivity contribution in [1.29, 1.82) is 0 Å². The third-order valence-electron chi connectivity index (χ3n) is 5.70. The second-order valence-corrected chi connectivity index (χ2v) is 8.27. The summed E-state index contributed by atoms with van der Waals surface area (Å²) in [7, 11) is 5.29. The van der Waals surface area contributed by atoms with Gasteiger partial charge in [0.2, 0.25) is 0 Å². The highest BCUT2D eigenvalue weighted by molar-refractivity contribution is 5.71. The first-order valence-electron chi connectivity index (χ1n) is 10.4. The summed E-state index contributed by atoms with van der Waals surface area (Å²) in [6, 6.07) is 18.6. The number of fused-ring (bicyclic) bond motifs is 1. The normalized spacial score (nSPS) is 12.4. The van der Waals surface area contributed by atoms with Crippen LogP contribution in [0.2, 0.25) is 0 Å². The molecule has 4 rings (SSSR count). The number of benzene rings is 2. The monoisotopic (exact) mass is 418 g/mol. The maximum absolute atomic E-state index is 13.0. The first kappa shape index (κ1) is 20.8. The second-order valence-electron chi connectivity index (χ2n) is 8.27. The summed E-state index contributed by atoms with van der Waals surface area (Å²) < 4.78 is 4.58. The molecule has 0 amide bonds. The van der Waals surface area contributed by atoms with Gasteiger partial charge in [0.15, 0.2) is 17.0 Å². The topological polar surface area (TPSA) is 66.3 Å². The highest BCUT2D eigenvalue weighted by atomic mass is 16.2. The van der Waals surface area contributed by atoms with E-state index < -0.39 is 0 Å². The summed E-state index contributed by atoms with van der Waals surface area (Å²) in [6.07, 6.45) is 0. The fourth-order valence-electron chi connectivity index (χ4n) is 3.95. The van der Waals surface area contributed by atoms with Crippen LogP contribution in [-0.4, -0.2) is 25.7 Å². The lowest BCUT2D eigenvalue weighted by Gasteiger charge is -2.15. The molecule has 1 unspecified atom stereocenters. The van der Waals surface area contributed by atoms with Gasteiger partial charge >= 0.3 is 5.69 Å². The van der Waals surface area contributed by atoms with E-state index in [0.29, 0.717) is 24.3 Å². The van der Waals surface area contributed by atoms with E-state index in [4.69, 9.17) is 4.98 Å². The van der Waals surface area contributed by atoms with Gasteiger partial charge in [0, 0.05) is 26.2 Å². The van der Waals surface area contributed by atoms with E-state index in [0.717, 1.165) is 22.5 Å². The van der Waals surface area contributed by atoms with E-state index >= 15 is 0 Å². The molecule has 160 valence electrons. The van der Waals surface area contributed by atoms with Crippen LogP contribution in [0.25, 0.3) is 11.2 Å². The van der Waals surface area contributed by atoms with E-state index in [2.05, 4.69) is 50.4 Å². The van der Waals surface area contributed by atoms with Crippen LogP contribution in [0.3, 0.4) is 0 Å². The van der Waals surface area contributed by atoms with Gasteiger partial charge in [0.1, 0.15) is 13.1 Å². The summed E-state index contributed by atoms with van der Waals surface area (Å²) in [5.41, 5.74) is 3.73. The average Bonchev–Trinajstić information content (AvgIpc) is 3.11. The van der Waals surface area contributed by atoms with E-state index in [9.17, 15) is 9.59 Å². The first-order valence-corrected chi connectivity index (χ1v) is 10.4. The van der Waals surface area contributed by atoms with Gasteiger partial charge in [0.05, 0.1) is 7.05 Å². The number of imidazole rings is 1. The van der Waals surface area contributed by atoms with E-state index in [1.165, 1.54) is 27.6 Å². The van der Waals surface area contributed by atoms with Crippen molar-refractivity contribution in [3.63, 3.8) is 0 Å². The number of nitrogens with zero attached hydrogens (tertiary/aromatic N) is 4. The van der Waals surface area contributed by atoms with Gasteiger partial charge in [-0.2, -0.15) is 0 Å². The smallest absolute Gasteiger partial charge is 0.327 e. The molecule has 0 aliphatic heterocycles. The van der Waals surface area contributed by atoms with E-state index in [-0.39, 0.29) is 11.2 Å². The molecule has 0 fully saturated rings. The number of aromatic nitrogens is 4. The number of hydrogen-bond acceptors (Lipinski definition) is 3. The van der Waals surface area contributed by atoms with Gasteiger partial charge in [-0.25, -0.2) is 9.78 Å². The molecule has 0 spiro atoms. The number of nitrogens with one attached hydrogen (secondary N) is 1. The van der Waals surface area contributed by atoms with Gasteiger partial charge < -0.3 is 9.47 Å². The first-order chi connectivity index (χ1) is 14.8. The molecule has 1 N–H and O–H groups in total. The quantitative estimate of drug-likeness (QED) is 0.508. The fraction of sp³-hybridized carbons (Fsp3) is 0.292. The van der Waals surface area contributed by atoms with Crippen molar-refractivity contribution in [2.45, 2.75) is 26.6 Å². The Balaban J connectivity index is 1.80. The molecule has 31 heavy (non-hydrogen) atoms. The molecule has 0 aliphatic rings. The fourth-order valence-corrected chi connectivity index (χ4v) is 3.95. The molecule has 0 bridgehead atoms. The molecule has 7 heteroatoms. The highest BCUT2D eigenvalue weighted by Crippen LogP contribution is 2.14. The predicted octanol–water partition coefficient (Wildman–Crippen LogP) is 1.01. The van der Waals surface area contributed by atoms with Crippen molar-refractivity contribution in [3.05, 3.63) is 98.0 Å². The van der Waals surface area contributed by atoms with Crippen LogP contribution in [0.5, 0.6) is 0 Å². The Bertz CT molecular complexity index is 1330. The summed E-state index contributed by atoms with van der Waals surface area (Å²) in [5, 5.41) is 0. The minimum Gasteiger partial charge on any atom is -0.327 e. The molecule has 0 aliphatic carbocycles. The minimum absolute atomic E-state index is 0.315. The maximum Gasteiger partial charge on any atom is 0.332 e. The Kier molecular flexibility index (Phi) is 5.61. The van der Waals surface area contributed by atoms with Crippen LogP contribution >= 0.6 is 0 Å². The Morgan fingerprint density at radius 1 is 0.871 bits per heavy atom. The summed E-state index contributed by atoms with van der Waals surface area (Å²) in [4.78, 5) is 31.5. The van der Waals surface area contributed by atoms with Gasteiger partial charge in [-0.1, -0.05) is 60.2 Å². The van der Waals surface area contributed by atoms with Gasteiger partial charge in [-0.3, -0.25) is 13.9 Å². The van der Waals surface area contributed by atoms with E-state index in [1.54, 1.807) is 7.05 Å². The molecule has 0 saturated heterocycles. The third-order valence-corrected chi connectivity index (χ3v) is 5.70. The van der Waals surface area contributed by atoms with Crippen LogP contribution in [0.1, 0.15) is 22.5 Å². The lowest BCUT2D eigenvalue weighted by molar-refractivity contribution is -0.908. The van der Waals surface area contributed by atoms with Gasteiger partial charge in [-0.05, 0) is 12.5 Å². The van der Waals surface area contributed by atoms with Crippen LogP contribution < -0.4 is 16.1 Å². The van der Waals surface area contributed by atoms with Crippen molar-refractivity contribution < 1.29 is 4.90 Å². The van der Waals surface area contributed by atoms with Crippen molar-refractivity contribution >= 4 is 11.2 Å². The number of aryl methyl sites for hydroxylation is 2. The van der Waals surface area contributed by atoms with Gasteiger partial charge in [-0.15, -0.1) is 0 Å². The maximum atomic E-state index is 13.0. The molecule has 1 atom stereocenters. The summed E-state index contributed by atoms with van der Waals surface area (Å²) >= 11 is 0. The van der Waals surface area contributed by atoms with Crippen LogP contribution in [-0.2, 0) is 33.7 Å². The van der Waals surface area contributed by atoms with Crippen molar-refractivity contribution in [1.82, 2.24) is 18.7 Å². The zero-order valence-corrected chi connectivity index (χ0v) is 18.4. The molecule has 2 aromatic carbocycles. The molecule has 0 saturated carbocycles. The minimum atomic E-state index is -0.367. The predicted molar refractivity (Wildman–Crippen MR) is 121 cm³/mol. The molecule has 4 aromatic rings. The van der Waals surface area contributed by atoms with Gasteiger partial charge in [0.25, 0.3) is 5.56 Å². The zero-order valence-electron chi connectivity index (χ0n) is 18.4. The Morgan fingerprint density at radius 2 is 1.55 bits per heavy atom. The van der Waals surface area contributed by atoms with Crippen molar-refractivity contribution in [2.75, 3.05) is 7.05 Å². The van der Waals surface area contributed by atoms with Crippen LogP contribution in [0, 0.1) is 6.92 Å². The molecular formula is C24H28N5O2+. The standard InChI is InChI=1S/C24H27N5O2/c1-17-10-12-19(13-11-17)15-29-20(16-26(2)14-18-8-6-5-7-9-18)25-22-21(29)23(30)28(4)24(31)27(22)3/h5-13H,14-16H2,1-4H3/p+1.